The number of aryl methyl sites for hydroxylation is 6. The molecule has 0 aliphatic carbocycles. The summed E-state index contributed by atoms with van der Waals surface area (Å²) in [6.45, 7) is 15.3. The quantitative estimate of drug-likeness (QED) is 0.303. The molecule has 4 aromatic carbocycles. The topological polar surface area (TPSA) is 15.6 Å². The van der Waals surface area contributed by atoms with Gasteiger partial charge in [-0.15, -0.1) is 0 Å². The average Bonchev–Trinajstić information content (AvgIpc) is 2.70. The molecule has 2 nitrogen and oxygen atoms in total. The van der Waals surface area contributed by atoms with Crippen LogP contribution >= 0.6 is 0 Å². The Morgan fingerprint density at radius 1 is 0.633 bits per heavy atom. The van der Waals surface area contributed by atoms with Crippen molar-refractivity contribution in [3.05, 3.63) is 81.4 Å². The van der Waals surface area contributed by atoms with Gasteiger partial charge in [-0.3, -0.25) is 0 Å². The highest BCUT2D eigenvalue weighted by Gasteiger charge is 2.25. The maximum absolute atomic E-state index is 5.06. The summed E-state index contributed by atoms with van der Waals surface area (Å²) in [5.74, 6) is 0. The highest BCUT2D eigenvalue weighted by Crippen LogP contribution is 2.44. The van der Waals surface area contributed by atoms with Gasteiger partial charge < -0.3 is 0 Å². The number of hydrogen-bond acceptors (Lipinski definition) is 2. The Morgan fingerprint density at radius 3 is 2.07 bits per heavy atom. The first-order valence-corrected chi connectivity index (χ1v) is 10.7. The summed E-state index contributed by atoms with van der Waals surface area (Å²) in [7, 11) is 0. The monoisotopic (exact) mass is 392 g/mol. The van der Waals surface area contributed by atoms with Crippen LogP contribution in [0.2, 0.25) is 0 Å². The molecule has 30 heavy (non-hydrogen) atoms. The fourth-order valence-electron chi connectivity index (χ4n) is 4.68. The highest BCUT2D eigenvalue weighted by atomic mass is 15.5. The zero-order valence-electron chi connectivity index (χ0n) is 18.9. The number of anilines is 2. The lowest BCUT2D eigenvalue weighted by Gasteiger charge is -2.30. The second kappa shape index (κ2) is 6.43. The third kappa shape index (κ3) is 2.60. The van der Waals surface area contributed by atoms with Gasteiger partial charge in [0, 0.05) is 10.9 Å². The third-order valence-corrected chi connectivity index (χ3v) is 6.93. The first kappa shape index (κ1) is 18.9. The number of nitrogens with zero attached hydrogens (tertiary/aromatic N) is 2. The Morgan fingerprint density at radius 2 is 1.33 bits per heavy atom. The Bertz CT molecular complexity index is 1410. The molecule has 0 saturated heterocycles. The molecular weight excluding hydrogens is 364 g/mol. The second-order valence-electron chi connectivity index (χ2n) is 8.94. The van der Waals surface area contributed by atoms with Gasteiger partial charge in [0.05, 0.1) is 17.1 Å². The van der Waals surface area contributed by atoms with Crippen molar-refractivity contribution in [2.45, 2.75) is 48.5 Å². The molecule has 5 rings (SSSR count). The minimum atomic E-state index is 1.07. The molecule has 0 N–H and O–H groups in total. The van der Waals surface area contributed by atoms with E-state index in [4.69, 9.17) is 5.10 Å². The summed E-state index contributed by atoms with van der Waals surface area (Å²) < 4.78 is 0. The van der Waals surface area contributed by atoms with Gasteiger partial charge in [-0.05, 0) is 122 Å². The van der Waals surface area contributed by atoms with Crippen LogP contribution in [0.15, 0.2) is 47.6 Å². The van der Waals surface area contributed by atoms with Crippen molar-refractivity contribution >= 4 is 38.6 Å². The predicted octanol–water partition coefficient (Wildman–Crippen LogP) is 7.72. The molecule has 1 aliphatic heterocycles. The zero-order valence-corrected chi connectivity index (χ0v) is 18.9. The Hall–Kier alpha value is -3.13. The first-order valence-electron chi connectivity index (χ1n) is 10.7. The molecule has 1 aliphatic rings. The standard InChI is InChI=1S/C28H28N2/c1-15-8-9-23(11-17(15)3)30-26-14-22-10-16(2)18(4)12-25(22)27-20(6)19(5)13-24(28(26)27)21(7)29-30/h8-14H,1-7H3. The Kier molecular flexibility index (Phi) is 4.05. The summed E-state index contributed by atoms with van der Waals surface area (Å²) in [6.07, 6.45) is 0. The van der Waals surface area contributed by atoms with Gasteiger partial charge in [-0.2, -0.15) is 5.10 Å². The molecule has 150 valence electrons. The largest absolute Gasteiger partial charge is 0.233 e. The first-order chi connectivity index (χ1) is 14.3. The molecule has 0 saturated carbocycles. The molecule has 0 bridgehead atoms. The molecule has 0 atom stereocenters. The van der Waals surface area contributed by atoms with E-state index in [0.29, 0.717) is 0 Å². The van der Waals surface area contributed by atoms with Crippen LogP contribution in [0.3, 0.4) is 0 Å². The van der Waals surface area contributed by atoms with E-state index in [1.807, 2.05) is 0 Å². The number of benzene rings is 4. The number of rotatable bonds is 1. The molecule has 0 radical (unpaired) electrons. The van der Waals surface area contributed by atoms with E-state index in [1.165, 1.54) is 66.2 Å². The van der Waals surface area contributed by atoms with E-state index >= 15 is 0 Å². The van der Waals surface area contributed by atoms with Crippen molar-refractivity contribution in [2.24, 2.45) is 5.10 Å². The van der Waals surface area contributed by atoms with Gasteiger partial charge in [0.15, 0.2) is 0 Å². The Labute approximate surface area is 178 Å². The minimum absolute atomic E-state index is 1.07. The van der Waals surface area contributed by atoms with E-state index < -0.39 is 0 Å². The third-order valence-electron chi connectivity index (χ3n) is 6.93. The summed E-state index contributed by atoms with van der Waals surface area (Å²) in [5.41, 5.74) is 12.5. The van der Waals surface area contributed by atoms with Crippen LogP contribution in [0.1, 0.15) is 45.9 Å². The van der Waals surface area contributed by atoms with E-state index in [2.05, 4.69) is 95.9 Å². The maximum atomic E-state index is 5.06. The molecule has 0 unspecified atom stereocenters. The Balaban J connectivity index is 1.95. The van der Waals surface area contributed by atoms with E-state index in [0.717, 1.165) is 11.4 Å². The highest BCUT2D eigenvalue weighted by molar-refractivity contribution is 6.24. The number of fused-ring (bicyclic) bond motifs is 2. The van der Waals surface area contributed by atoms with Crippen molar-refractivity contribution in [3.8, 4) is 0 Å². The molecular formula is C28H28N2. The van der Waals surface area contributed by atoms with Crippen molar-refractivity contribution in [1.82, 2.24) is 0 Å². The molecule has 0 amide bonds. The van der Waals surface area contributed by atoms with Crippen molar-refractivity contribution < 1.29 is 0 Å². The van der Waals surface area contributed by atoms with Crippen molar-refractivity contribution in [1.29, 1.82) is 0 Å². The summed E-state index contributed by atoms with van der Waals surface area (Å²) >= 11 is 0. The normalized spacial score (nSPS) is 13.3. The summed E-state index contributed by atoms with van der Waals surface area (Å²) in [6, 6.07) is 15.9. The van der Waals surface area contributed by atoms with Crippen LogP contribution < -0.4 is 5.01 Å². The second-order valence-corrected chi connectivity index (χ2v) is 8.94. The number of hydrogen-bond donors (Lipinski definition) is 0. The average molecular weight is 393 g/mol. The van der Waals surface area contributed by atoms with Gasteiger partial charge >= 0.3 is 0 Å². The van der Waals surface area contributed by atoms with Gasteiger partial charge in [-0.1, -0.05) is 18.2 Å². The molecule has 4 aromatic rings. The van der Waals surface area contributed by atoms with E-state index in [-0.39, 0.29) is 0 Å². The van der Waals surface area contributed by atoms with Gasteiger partial charge in [-0.25, -0.2) is 5.01 Å². The van der Waals surface area contributed by atoms with Crippen molar-refractivity contribution in [2.75, 3.05) is 5.01 Å². The molecule has 1 heterocycles. The fourth-order valence-corrected chi connectivity index (χ4v) is 4.68. The summed E-state index contributed by atoms with van der Waals surface area (Å²) in [5, 5.41) is 12.5. The van der Waals surface area contributed by atoms with E-state index in [1.54, 1.807) is 0 Å². The van der Waals surface area contributed by atoms with Crippen LogP contribution in [0.4, 0.5) is 11.4 Å². The van der Waals surface area contributed by atoms with Gasteiger partial charge in [0.25, 0.3) is 0 Å². The molecule has 0 aromatic heterocycles. The fraction of sp³-hybridized carbons (Fsp3) is 0.250. The van der Waals surface area contributed by atoms with Crippen molar-refractivity contribution in [3.63, 3.8) is 0 Å². The molecule has 0 spiro atoms. The van der Waals surface area contributed by atoms with Crippen LogP contribution in [0.5, 0.6) is 0 Å². The van der Waals surface area contributed by atoms with Crippen LogP contribution in [-0.2, 0) is 0 Å². The molecule has 0 fully saturated rings. The maximum Gasteiger partial charge on any atom is 0.0744 e. The van der Waals surface area contributed by atoms with Gasteiger partial charge in [0.1, 0.15) is 0 Å². The SMILES string of the molecule is CC1=NN(c2ccc(C)c(C)c2)c2cc3cc(C)c(C)cc3c3c(C)c(C)cc1c23. The minimum Gasteiger partial charge on any atom is -0.233 e. The smallest absolute Gasteiger partial charge is 0.0744 e. The van der Waals surface area contributed by atoms with E-state index in [9.17, 15) is 0 Å². The lowest BCUT2D eigenvalue weighted by Crippen LogP contribution is -2.19. The van der Waals surface area contributed by atoms with Crippen LogP contribution in [0.25, 0.3) is 21.5 Å². The van der Waals surface area contributed by atoms with Gasteiger partial charge in [0.2, 0.25) is 0 Å². The number of hydrazone groups is 1. The summed E-state index contributed by atoms with van der Waals surface area (Å²) in [4.78, 5) is 0. The lowest BCUT2D eigenvalue weighted by molar-refractivity contribution is 1.07. The van der Waals surface area contributed by atoms with Crippen LogP contribution in [0, 0.1) is 41.5 Å². The zero-order chi connectivity index (χ0) is 21.3. The lowest BCUT2D eigenvalue weighted by atomic mass is 9.87. The van der Waals surface area contributed by atoms with Crippen LogP contribution in [-0.4, -0.2) is 5.71 Å². The predicted molar refractivity (Wildman–Crippen MR) is 131 cm³/mol. The molecule has 2 heteroatoms.